The topological polar surface area (TPSA) is 126 Å². The molecule has 1 atom stereocenters. The van der Waals surface area contributed by atoms with E-state index < -0.39 is 29.8 Å². The summed E-state index contributed by atoms with van der Waals surface area (Å²) in [7, 11) is 0. The molecule has 1 aromatic heterocycles. The molecule has 10 nitrogen and oxygen atoms in total. The highest BCUT2D eigenvalue weighted by Crippen LogP contribution is 2.24. The van der Waals surface area contributed by atoms with Gasteiger partial charge in [-0.15, -0.1) is 11.3 Å². The van der Waals surface area contributed by atoms with Crippen LogP contribution in [-0.2, 0) is 19.1 Å². The number of benzene rings is 1. The standard InChI is InChI=1S/C23H24ClFN4O6S/c24-19-7-6-18(36-19)22(32)26-11-17(28-23(33)35-14-2-1-3-14)21(31)27-16-5-4-13(10-15(16)25)29-8-9-34-12-20(29)30/h4-7,10,14,17H,1-3,8-9,11-12H2,(H,26,32)(H,27,31)(H,28,33)/t17-/m1/s1. The van der Waals surface area contributed by atoms with Crippen molar-refractivity contribution >= 4 is 58.1 Å². The van der Waals surface area contributed by atoms with E-state index in [1.807, 2.05) is 0 Å². The maximum Gasteiger partial charge on any atom is 0.408 e. The number of amides is 4. The van der Waals surface area contributed by atoms with Crippen molar-refractivity contribution in [2.24, 2.45) is 0 Å². The van der Waals surface area contributed by atoms with Crippen molar-refractivity contribution in [2.75, 3.05) is 36.5 Å². The fourth-order valence-electron chi connectivity index (χ4n) is 3.53. The zero-order chi connectivity index (χ0) is 25.7. The molecule has 1 saturated carbocycles. The van der Waals surface area contributed by atoms with Gasteiger partial charge < -0.3 is 30.3 Å². The number of nitrogens with one attached hydrogen (secondary N) is 3. The third kappa shape index (κ3) is 6.50. The maximum absolute atomic E-state index is 14.8. The number of carbonyl (C=O) groups is 4. The smallest absolute Gasteiger partial charge is 0.408 e. The Bertz CT molecular complexity index is 1160. The Labute approximate surface area is 215 Å². The second kappa shape index (κ2) is 11.7. The summed E-state index contributed by atoms with van der Waals surface area (Å²) in [5, 5.41) is 7.43. The van der Waals surface area contributed by atoms with Crippen LogP contribution in [0.3, 0.4) is 0 Å². The second-order valence-electron chi connectivity index (χ2n) is 8.22. The molecule has 1 aliphatic heterocycles. The quantitative estimate of drug-likeness (QED) is 0.474. The van der Waals surface area contributed by atoms with Gasteiger partial charge in [0.15, 0.2) is 0 Å². The first-order valence-electron chi connectivity index (χ1n) is 11.3. The highest BCUT2D eigenvalue weighted by molar-refractivity contribution is 7.18. The summed E-state index contributed by atoms with van der Waals surface area (Å²) in [6.07, 6.45) is 1.40. The van der Waals surface area contributed by atoms with Gasteiger partial charge >= 0.3 is 6.09 Å². The molecule has 36 heavy (non-hydrogen) atoms. The van der Waals surface area contributed by atoms with Crippen molar-refractivity contribution in [3.63, 3.8) is 0 Å². The Morgan fingerprint density at radius 3 is 2.69 bits per heavy atom. The first kappa shape index (κ1) is 25.9. The first-order chi connectivity index (χ1) is 17.3. The van der Waals surface area contributed by atoms with Crippen molar-refractivity contribution in [1.82, 2.24) is 10.6 Å². The molecular weight excluding hydrogens is 515 g/mol. The molecule has 192 valence electrons. The molecule has 1 aromatic carbocycles. The lowest BCUT2D eigenvalue weighted by molar-refractivity contribution is -0.125. The zero-order valence-electron chi connectivity index (χ0n) is 19.1. The van der Waals surface area contributed by atoms with Gasteiger partial charge in [0.25, 0.3) is 11.8 Å². The van der Waals surface area contributed by atoms with Gasteiger partial charge in [0.1, 0.15) is 24.6 Å². The average molecular weight is 539 g/mol. The van der Waals surface area contributed by atoms with Gasteiger partial charge in [-0.3, -0.25) is 14.4 Å². The Balaban J connectivity index is 1.42. The van der Waals surface area contributed by atoms with Crippen LogP contribution in [0.15, 0.2) is 30.3 Å². The molecule has 0 radical (unpaired) electrons. The van der Waals surface area contributed by atoms with E-state index in [9.17, 15) is 23.6 Å². The average Bonchev–Trinajstić information content (AvgIpc) is 3.27. The van der Waals surface area contributed by atoms with Crippen molar-refractivity contribution in [1.29, 1.82) is 0 Å². The number of nitrogens with zero attached hydrogens (tertiary/aromatic N) is 1. The lowest BCUT2D eigenvalue weighted by atomic mass is 9.96. The van der Waals surface area contributed by atoms with Crippen LogP contribution >= 0.6 is 22.9 Å². The number of ether oxygens (including phenoxy) is 2. The SMILES string of the molecule is O=C(N[C@H](CNC(=O)c1ccc(Cl)s1)C(=O)Nc1ccc(N2CCOCC2=O)cc1F)OC1CCC1. The van der Waals surface area contributed by atoms with Crippen LogP contribution in [0.25, 0.3) is 0 Å². The normalized spacial score (nSPS) is 16.6. The highest BCUT2D eigenvalue weighted by Gasteiger charge is 2.28. The second-order valence-corrected chi connectivity index (χ2v) is 9.94. The number of morpholine rings is 1. The molecule has 4 rings (SSSR count). The Kier molecular flexibility index (Phi) is 8.39. The van der Waals surface area contributed by atoms with Crippen molar-refractivity contribution in [3.05, 3.63) is 45.4 Å². The van der Waals surface area contributed by atoms with Gasteiger partial charge in [-0.25, -0.2) is 9.18 Å². The molecular formula is C23H24ClFN4O6S. The summed E-state index contributed by atoms with van der Waals surface area (Å²) >= 11 is 6.93. The number of carbonyl (C=O) groups excluding carboxylic acids is 4. The predicted molar refractivity (Wildman–Crippen MR) is 131 cm³/mol. The van der Waals surface area contributed by atoms with Crippen molar-refractivity contribution < 1.29 is 33.0 Å². The summed E-state index contributed by atoms with van der Waals surface area (Å²) in [5.41, 5.74) is 0.180. The fourth-order valence-corrected chi connectivity index (χ4v) is 4.49. The minimum absolute atomic E-state index is 0.0895. The minimum Gasteiger partial charge on any atom is -0.446 e. The number of alkyl carbamates (subject to hydrolysis) is 1. The van der Waals surface area contributed by atoms with Crippen LogP contribution in [0.1, 0.15) is 28.9 Å². The Morgan fingerprint density at radius 2 is 2.06 bits per heavy atom. The number of halogens is 2. The van der Waals surface area contributed by atoms with Crippen LogP contribution in [0, 0.1) is 5.82 Å². The van der Waals surface area contributed by atoms with Crippen LogP contribution in [0.4, 0.5) is 20.6 Å². The van der Waals surface area contributed by atoms with E-state index in [2.05, 4.69) is 16.0 Å². The van der Waals surface area contributed by atoms with E-state index in [-0.39, 0.29) is 37.4 Å². The molecule has 2 fully saturated rings. The van der Waals surface area contributed by atoms with Gasteiger partial charge in [-0.05, 0) is 49.6 Å². The monoisotopic (exact) mass is 538 g/mol. The first-order valence-corrected chi connectivity index (χ1v) is 12.5. The zero-order valence-corrected chi connectivity index (χ0v) is 20.6. The molecule has 2 aliphatic rings. The summed E-state index contributed by atoms with van der Waals surface area (Å²) in [6.45, 7) is 0.253. The fraction of sp³-hybridized carbons (Fsp3) is 0.391. The van der Waals surface area contributed by atoms with Crippen LogP contribution in [-0.4, -0.2) is 62.3 Å². The summed E-state index contributed by atoms with van der Waals surface area (Å²) < 4.78 is 25.6. The van der Waals surface area contributed by atoms with Crippen LogP contribution < -0.4 is 20.9 Å². The Morgan fingerprint density at radius 1 is 1.25 bits per heavy atom. The van der Waals surface area contributed by atoms with Crippen molar-refractivity contribution in [3.8, 4) is 0 Å². The van der Waals surface area contributed by atoms with Gasteiger partial charge in [-0.1, -0.05) is 11.6 Å². The van der Waals surface area contributed by atoms with E-state index in [1.54, 1.807) is 6.07 Å². The lowest BCUT2D eigenvalue weighted by Crippen LogP contribution is -2.51. The molecule has 0 bridgehead atoms. The molecule has 2 aromatic rings. The number of thiophene rings is 1. The number of hydrogen-bond acceptors (Lipinski definition) is 7. The summed E-state index contributed by atoms with van der Waals surface area (Å²) in [6, 6.07) is 5.80. The number of hydrogen-bond donors (Lipinski definition) is 3. The third-order valence-corrected chi connectivity index (χ3v) is 6.94. The lowest BCUT2D eigenvalue weighted by Gasteiger charge is -2.27. The van der Waals surface area contributed by atoms with Crippen LogP contribution in [0.2, 0.25) is 4.34 Å². The molecule has 2 heterocycles. The number of anilines is 2. The molecule has 3 N–H and O–H groups in total. The molecule has 13 heteroatoms. The van der Waals surface area contributed by atoms with E-state index in [1.165, 1.54) is 23.1 Å². The Hall–Kier alpha value is -3.22. The molecule has 4 amide bonds. The molecule has 1 saturated heterocycles. The van der Waals surface area contributed by atoms with Gasteiger partial charge in [0.2, 0.25) is 5.91 Å². The largest absolute Gasteiger partial charge is 0.446 e. The molecule has 0 unspecified atom stereocenters. The molecule has 0 spiro atoms. The minimum atomic E-state index is -1.25. The van der Waals surface area contributed by atoms with E-state index in [0.29, 0.717) is 21.5 Å². The van der Waals surface area contributed by atoms with Gasteiger partial charge in [0, 0.05) is 18.8 Å². The summed E-state index contributed by atoms with van der Waals surface area (Å²) in [5.74, 6) is -2.31. The highest BCUT2D eigenvalue weighted by atomic mass is 35.5. The predicted octanol–water partition coefficient (Wildman–Crippen LogP) is 2.92. The van der Waals surface area contributed by atoms with Crippen molar-refractivity contribution in [2.45, 2.75) is 31.4 Å². The van der Waals surface area contributed by atoms with Crippen LogP contribution in [0.5, 0.6) is 0 Å². The summed E-state index contributed by atoms with van der Waals surface area (Å²) in [4.78, 5) is 51.4. The molecule has 1 aliphatic carbocycles. The van der Waals surface area contributed by atoms with Gasteiger partial charge in [0.05, 0.1) is 21.5 Å². The maximum atomic E-state index is 14.8. The van der Waals surface area contributed by atoms with E-state index in [0.717, 1.165) is 36.7 Å². The van der Waals surface area contributed by atoms with E-state index in [4.69, 9.17) is 21.1 Å². The number of rotatable bonds is 8. The van der Waals surface area contributed by atoms with Gasteiger partial charge in [-0.2, -0.15) is 0 Å². The van der Waals surface area contributed by atoms with E-state index >= 15 is 0 Å². The third-order valence-electron chi connectivity index (χ3n) is 5.71.